The van der Waals surface area contributed by atoms with Crippen LogP contribution in [0.4, 0.5) is 0 Å². The van der Waals surface area contributed by atoms with E-state index in [1.165, 1.54) is 41.5 Å². The molecular formula is C12H22ClN3S. The van der Waals surface area contributed by atoms with Crippen molar-refractivity contribution in [2.24, 2.45) is 11.7 Å². The quantitative estimate of drug-likeness (QED) is 0.921. The first-order chi connectivity index (χ1) is 7.69. The van der Waals surface area contributed by atoms with E-state index in [2.05, 4.69) is 23.7 Å². The van der Waals surface area contributed by atoms with Crippen molar-refractivity contribution in [1.82, 2.24) is 9.88 Å². The molecule has 1 aromatic heterocycles. The number of likely N-dealkylation sites (tertiary alicyclic amines) is 1. The minimum atomic E-state index is 0. The second kappa shape index (κ2) is 6.69. The number of piperidine rings is 1. The van der Waals surface area contributed by atoms with Gasteiger partial charge in [0.05, 0.1) is 10.7 Å². The molecule has 5 heteroatoms. The van der Waals surface area contributed by atoms with Crippen LogP contribution in [0.3, 0.4) is 0 Å². The van der Waals surface area contributed by atoms with Gasteiger partial charge in [-0.15, -0.1) is 23.7 Å². The monoisotopic (exact) mass is 275 g/mol. The average Bonchev–Trinajstić information content (AvgIpc) is 2.59. The summed E-state index contributed by atoms with van der Waals surface area (Å²) < 4.78 is 0. The molecule has 1 saturated heterocycles. The molecule has 3 nitrogen and oxygen atoms in total. The van der Waals surface area contributed by atoms with E-state index in [1.54, 1.807) is 0 Å². The van der Waals surface area contributed by atoms with Crippen molar-refractivity contribution in [1.29, 1.82) is 0 Å². The summed E-state index contributed by atoms with van der Waals surface area (Å²) in [5.74, 6) is 0.751. The summed E-state index contributed by atoms with van der Waals surface area (Å²) in [5, 5.41) is 1.18. The molecule has 17 heavy (non-hydrogen) atoms. The van der Waals surface area contributed by atoms with Crippen LogP contribution < -0.4 is 5.73 Å². The minimum Gasteiger partial charge on any atom is -0.330 e. The number of nitrogens with zero attached hydrogens (tertiary/aromatic N) is 2. The van der Waals surface area contributed by atoms with Crippen LogP contribution in [-0.2, 0) is 6.54 Å². The molecule has 2 heterocycles. The molecule has 2 rings (SSSR count). The first-order valence-electron chi connectivity index (χ1n) is 6.04. The van der Waals surface area contributed by atoms with Crippen molar-refractivity contribution < 1.29 is 0 Å². The fraction of sp³-hybridized carbons (Fsp3) is 0.750. The Hall–Kier alpha value is -0.160. The molecule has 0 amide bonds. The lowest BCUT2D eigenvalue weighted by Crippen LogP contribution is -2.35. The van der Waals surface area contributed by atoms with Gasteiger partial charge in [0.25, 0.3) is 0 Å². The van der Waals surface area contributed by atoms with Crippen molar-refractivity contribution in [2.75, 3.05) is 19.6 Å². The lowest BCUT2D eigenvalue weighted by Gasteiger charge is -2.30. The molecule has 0 aliphatic carbocycles. The van der Waals surface area contributed by atoms with Crippen molar-refractivity contribution in [2.45, 2.75) is 33.2 Å². The van der Waals surface area contributed by atoms with Gasteiger partial charge in [-0.3, -0.25) is 4.90 Å². The fourth-order valence-corrected chi connectivity index (χ4v) is 3.28. The van der Waals surface area contributed by atoms with E-state index >= 15 is 0 Å². The van der Waals surface area contributed by atoms with Crippen LogP contribution in [0.25, 0.3) is 0 Å². The highest BCUT2D eigenvalue weighted by atomic mass is 35.5. The number of thiazole rings is 1. The SMILES string of the molecule is Cc1nc(C)c(CN2CCC(CN)CC2)s1.Cl. The smallest absolute Gasteiger partial charge is 0.0900 e. The highest BCUT2D eigenvalue weighted by Crippen LogP contribution is 2.22. The number of aromatic nitrogens is 1. The number of nitrogens with two attached hydrogens (primary N) is 1. The van der Waals surface area contributed by atoms with E-state index in [0.29, 0.717) is 0 Å². The second-order valence-electron chi connectivity index (χ2n) is 4.70. The topological polar surface area (TPSA) is 42.2 Å². The zero-order chi connectivity index (χ0) is 11.5. The molecule has 0 radical (unpaired) electrons. The van der Waals surface area contributed by atoms with E-state index in [-0.39, 0.29) is 12.4 Å². The highest BCUT2D eigenvalue weighted by Gasteiger charge is 2.19. The van der Waals surface area contributed by atoms with Crippen LogP contribution in [0.15, 0.2) is 0 Å². The largest absolute Gasteiger partial charge is 0.330 e. The van der Waals surface area contributed by atoms with Crippen molar-refractivity contribution in [3.63, 3.8) is 0 Å². The molecule has 1 fully saturated rings. The van der Waals surface area contributed by atoms with Crippen LogP contribution in [0.2, 0.25) is 0 Å². The van der Waals surface area contributed by atoms with Crippen LogP contribution in [0.1, 0.15) is 28.4 Å². The normalized spacial score (nSPS) is 18.1. The van der Waals surface area contributed by atoms with Gasteiger partial charge in [0.15, 0.2) is 0 Å². The van der Waals surface area contributed by atoms with Gasteiger partial charge in [0.1, 0.15) is 0 Å². The van der Waals surface area contributed by atoms with Gasteiger partial charge in [0.2, 0.25) is 0 Å². The lowest BCUT2D eigenvalue weighted by molar-refractivity contribution is 0.181. The summed E-state index contributed by atoms with van der Waals surface area (Å²) in [6, 6.07) is 0. The molecular weight excluding hydrogens is 254 g/mol. The maximum atomic E-state index is 5.70. The predicted molar refractivity (Wildman–Crippen MR) is 75.9 cm³/mol. The third-order valence-electron chi connectivity index (χ3n) is 3.41. The van der Waals surface area contributed by atoms with Gasteiger partial charge in [-0.05, 0) is 52.2 Å². The molecule has 98 valence electrons. The molecule has 1 aromatic rings. The molecule has 0 spiro atoms. The molecule has 1 aliphatic rings. The Labute approximate surface area is 114 Å². The maximum Gasteiger partial charge on any atom is 0.0900 e. The van der Waals surface area contributed by atoms with Gasteiger partial charge < -0.3 is 5.73 Å². The maximum absolute atomic E-state index is 5.70. The number of aryl methyl sites for hydroxylation is 2. The van der Waals surface area contributed by atoms with Gasteiger partial charge in [0, 0.05) is 11.4 Å². The molecule has 0 aromatic carbocycles. The number of hydrogen-bond acceptors (Lipinski definition) is 4. The van der Waals surface area contributed by atoms with Gasteiger partial charge in [-0.25, -0.2) is 4.98 Å². The average molecular weight is 276 g/mol. The molecule has 2 N–H and O–H groups in total. The van der Waals surface area contributed by atoms with Crippen molar-refractivity contribution >= 4 is 23.7 Å². The van der Waals surface area contributed by atoms with E-state index < -0.39 is 0 Å². The zero-order valence-corrected chi connectivity index (χ0v) is 12.2. The zero-order valence-electron chi connectivity index (χ0n) is 10.6. The summed E-state index contributed by atoms with van der Waals surface area (Å²) in [6.45, 7) is 8.52. The highest BCUT2D eigenvalue weighted by molar-refractivity contribution is 7.11. The number of halogens is 1. The van der Waals surface area contributed by atoms with Crippen molar-refractivity contribution in [3.8, 4) is 0 Å². The minimum absolute atomic E-state index is 0. The Morgan fingerprint density at radius 2 is 2.00 bits per heavy atom. The predicted octanol–water partition coefficient (Wildman–Crippen LogP) is 2.35. The Bertz CT molecular complexity index is 346. The molecule has 0 atom stereocenters. The van der Waals surface area contributed by atoms with Crippen molar-refractivity contribution in [3.05, 3.63) is 15.6 Å². The number of rotatable bonds is 3. The summed E-state index contributed by atoms with van der Waals surface area (Å²) in [6.07, 6.45) is 2.51. The van der Waals surface area contributed by atoms with Crippen LogP contribution in [0, 0.1) is 19.8 Å². The summed E-state index contributed by atoms with van der Waals surface area (Å²) in [7, 11) is 0. The molecule has 0 saturated carbocycles. The number of hydrogen-bond donors (Lipinski definition) is 1. The Morgan fingerprint density at radius 1 is 1.35 bits per heavy atom. The molecule has 0 unspecified atom stereocenters. The second-order valence-corrected chi connectivity index (χ2v) is 5.98. The fourth-order valence-electron chi connectivity index (χ4n) is 2.30. The molecule has 1 aliphatic heterocycles. The van der Waals surface area contributed by atoms with E-state index in [9.17, 15) is 0 Å². The summed E-state index contributed by atoms with van der Waals surface area (Å²) >= 11 is 1.84. The Morgan fingerprint density at radius 3 is 2.47 bits per heavy atom. The van der Waals surface area contributed by atoms with Crippen LogP contribution in [-0.4, -0.2) is 29.5 Å². The Balaban J connectivity index is 0.00000144. The molecule has 0 bridgehead atoms. The third-order valence-corrected chi connectivity index (χ3v) is 4.46. The van der Waals surface area contributed by atoms with Gasteiger partial charge >= 0.3 is 0 Å². The lowest BCUT2D eigenvalue weighted by atomic mass is 9.97. The van der Waals surface area contributed by atoms with Crippen LogP contribution in [0.5, 0.6) is 0 Å². The van der Waals surface area contributed by atoms with E-state index in [1.807, 2.05) is 11.3 Å². The van der Waals surface area contributed by atoms with Gasteiger partial charge in [-0.2, -0.15) is 0 Å². The van der Waals surface area contributed by atoms with E-state index in [4.69, 9.17) is 5.73 Å². The standard InChI is InChI=1S/C12H21N3S.ClH/c1-9-12(16-10(2)14-9)8-15-5-3-11(7-13)4-6-15;/h11H,3-8,13H2,1-2H3;1H. The first kappa shape index (κ1) is 14.9. The van der Waals surface area contributed by atoms with Gasteiger partial charge in [-0.1, -0.05) is 0 Å². The van der Waals surface area contributed by atoms with Crippen LogP contribution >= 0.6 is 23.7 Å². The van der Waals surface area contributed by atoms with E-state index in [0.717, 1.165) is 19.0 Å². The summed E-state index contributed by atoms with van der Waals surface area (Å²) in [5.41, 5.74) is 6.91. The third kappa shape index (κ3) is 3.91. The first-order valence-corrected chi connectivity index (χ1v) is 6.86. The Kier molecular flexibility index (Phi) is 5.86. The summed E-state index contributed by atoms with van der Waals surface area (Å²) in [4.78, 5) is 8.45.